The van der Waals surface area contributed by atoms with Gasteiger partial charge in [-0.15, -0.1) is 0 Å². The molecule has 0 atom stereocenters. The van der Waals surface area contributed by atoms with Crippen molar-refractivity contribution in [1.29, 1.82) is 0 Å². The first-order valence-corrected chi connectivity index (χ1v) is 11.0. The number of unbranched alkanes of at least 4 members (excludes halogenated alkanes) is 2. The normalized spacial score (nSPS) is 8.42. The molecule has 2 nitrogen and oxygen atoms in total. The second-order valence-electron chi connectivity index (χ2n) is 2.12. The molecule has 0 aromatic carbocycles. The number of halogens is 1. The Balaban J connectivity index is 0. The summed E-state index contributed by atoms with van der Waals surface area (Å²) < 4.78 is 4.73. The van der Waals surface area contributed by atoms with Crippen LogP contribution in [0.15, 0.2) is 0 Å². The Morgan fingerprint density at radius 2 is 2.08 bits per heavy atom. The number of hydrogen-bond donors (Lipinski definition) is 0. The zero-order valence-corrected chi connectivity index (χ0v) is 12.2. The monoisotopic (exact) mass is 286 g/mol. The van der Waals surface area contributed by atoms with Gasteiger partial charge in [0, 0.05) is 6.42 Å². The van der Waals surface area contributed by atoms with Gasteiger partial charge >= 0.3 is 35.9 Å². The van der Waals surface area contributed by atoms with Crippen molar-refractivity contribution >= 4 is 19.6 Å². The van der Waals surface area contributed by atoms with E-state index in [1.54, 1.807) is 0 Å². The van der Waals surface area contributed by atoms with E-state index in [-0.39, 0.29) is 5.97 Å². The number of carbonyl (C=O) groups excluding carboxylic acids is 1. The van der Waals surface area contributed by atoms with Crippen molar-refractivity contribution in [3.05, 3.63) is 6.92 Å². The van der Waals surface area contributed by atoms with Gasteiger partial charge in [0.2, 0.25) is 0 Å². The van der Waals surface area contributed by atoms with E-state index in [9.17, 15) is 4.79 Å². The van der Waals surface area contributed by atoms with Gasteiger partial charge in [-0.05, 0) is 13.3 Å². The molecule has 0 fully saturated rings. The Labute approximate surface area is 91.5 Å². The van der Waals surface area contributed by atoms with Gasteiger partial charge in [0.15, 0.2) is 0 Å². The predicted octanol–water partition coefficient (Wildman–Crippen LogP) is 2.79. The summed E-state index contributed by atoms with van der Waals surface area (Å²) in [5.74, 6) is -0.0871. The Morgan fingerprint density at radius 1 is 1.50 bits per heavy atom. The van der Waals surface area contributed by atoms with Crippen molar-refractivity contribution in [3.8, 4) is 0 Å². The van der Waals surface area contributed by atoms with Gasteiger partial charge in [0.05, 0.1) is 6.61 Å². The molecule has 0 spiro atoms. The van der Waals surface area contributed by atoms with E-state index in [2.05, 4.69) is 20.5 Å². The molecule has 0 bridgehead atoms. The summed E-state index contributed by atoms with van der Waals surface area (Å²) in [4.78, 5) is 10.7. The molecule has 0 saturated heterocycles. The number of hydrogen-bond acceptors (Lipinski definition) is 2. The summed E-state index contributed by atoms with van der Waals surface area (Å²) in [5.41, 5.74) is 0. The summed E-state index contributed by atoms with van der Waals surface area (Å²) in [7, 11) is 0. The van der Waals surface area contributed by atoms with Gasteiger partial charge in [-0.1, -0.05) is 6.42 Å². The second kappa shape index (κ2) is 14.1. The molecule has 0 rings (SSSR count). The van der Waals surface area contributed by atoms with Crippen LogP contribution in [0.25, 0.3) is 0 Å². The molecule has 0 aromatic heterocycles. The number of esters is 1. The standard InChI is InChI=1S/C8H15O2.BrH.Zn/c1-3-5-6-7-8(9)10-4-2;;/h1,3-7H2,2H3;1H;/q-1;;+2/p-1. The molecule has 0 N–H and O–H groups in total. The fourth-order valence-corrected chi connectivity index (χ4v) is 0.679. The Bertz CT molecular complexity index is 99.1. The van der Waals surface area contributed by atoms with Gasteiger partial charge in [0.1, 0.15) is 0 Å². The van der Waals surface area contributed by atoms with Crippen molar-refractivity contribution in [2.75, 3.05) is 6.61 Å². The molecule has 0 radical (unpaired) electrons. The fraction of sp³-hybridized carbons (Fsp3) is 0.750. The van der Waals surface area contributed by atoms with Gasteiger partial charge < -0.3 is 11.7 Å². The summed E-state index contributed by atoms with van der Waals surface area (Å²) in [6, 6.07) is 0. The Hall–Kier alpha value is 0.573. The van der Waals surface area contributed by atoms with Crippen molar-refractivity contribution in [2.24, 2.45) is 0 Å². The third-order valence-electron chi connectivity index (χ3n) is 1.19. The molecule has 68 valence electrons. The van der Waals surface area contributed by atoms with Crippen LogP contribution in [0.2, 0.25) is 0 Å². The van der Waals surface area contributed by atoms with Crippen LogP contribution in [0.4, 0.5) is 0 Å². The third kappa shape index (κ3) is 13.2. The quantitative estimate of drug-likeness (QED) is 0.336. The molecular weight excluding hydrogens is 273 g/mol. The molecule has 0 aliphatic heterocycles. The van der Waals surface area contributed by atoms with Crippen LogP contribution in [0.1, 0.15) is 32.6 Å². The first kappa shape index (κ1) is 15.1. The van der Waals surface area contributed by atoms with Crippen LogP contribution in [-0.2, 0) is 25.9 Å². The molecule has 12 heavy (non-hydrogen) atoms. The van der Waals surface area contributed by atoms with Gasteiger partial charge in [-0.3, -0.25) is 4.79 Å². The number of carbonyl (C=O) groups is 1. The van der Waals surface area contributed by atoms with E-state index in [4.69, 9.17) is 4.74 Å². The topological polar surface area (TPSA) is 26.3 Å². The average Bonchev–Trinajstić information content (AvgIpc) is 2.09. The van der Waals surface area contributed by atoms with Gasteiger partial charge in [0.25, 0.3) is 0 Å². The van der Waals surface area contributed by atoms with Crippen molar-refractivity contribution in [3.63, 3.8) is 0 Å². The first-order valence-electron chi connectivity index (χ1n) is 4.02. The van der Waals surface area contributed by atoms with Crippen LogP contribution in [-0.4, -0.2) is 12.6 Å². The molecule has 0 aliphatic rings. The van der Waals surface area contributed by atoms with Crippen LogP contribution in [0.3, 0.4) is 0 Å². The van der Waals surface area contributed by atoms with Crippen LogP contribution in [0.5, 0.6) is 0 Å². The molecule has 0 heterocycles. The van der Waals surface area contributed by atoms with E-state index < -0.39 is 0 Å². The number of rotatable bonds is 5. The Kier molecular flexibility index (Phi) is 17.7. The van der Waals surface area contributed by atoms with Gasteiger partial charge in [-0.2, -0.15) is 6.42 Å². The fourth-order valence-electron chi connectivity index (χ4n) is 0.679. The molecule has 0 saturated carbocycles. The van der Waals surface area contributed by atoms with E-state index in [1.807, 2.05) is 6.92 Å². The van der Waals surface area contributed by atoms with E-state index in [1.165, 1.54) is 16.3 Å². The maximum atomic E-state index is 10.7. The van der Waals surface area contributed by atoms with Crippen LogP contribution in [0, 0.1) is 6.92 Å². The van der Waals surface area contributed by atoms with Crippen molar-refractivity contribution in [1.82, 2.24) is 0 Å². The zero-order valence-electron chi connectivity index (χ0n) is 7.64. The molecule has 4 heteroatoms. The predicted molar refractivity (Wildman–Crippen MR) is 49.4 cm³/mol. The molecule has 0 amide bonds. The SMILES string of the molecule is [CH2-]CCCCC(=O)OCC.[Zn+][Br]. The van der Waals surface area contributed by atoms with E-state index in [0.717, 1.165) is 19.3 Å². The van der Waals surface area contributed by atoms with E-state index >= 15 is 0 Å². The summed E-state index contributed by atoms with van der Waals surface area (Å²) in [5, 5.41) is 0. The average molecular weight is 288 g/mol. The summed E-state index contributed by atoms with van der Waals surface area (Å²) in [6.07, 6.45) is 3.36. The van der Waals surface area contributed by atoms with Crippen molar-refractivity contribution in [2.45, 2.75) is 32.6 Å². The Morgan fingerprint density at radius 3 is 2.50 bits per heavy atom. The molecular formula is C8H15BrO2Zn. The summed E-state index contributed by atoms with van der Waals surface area (Å²) in [6.45, 7) is 5.98. The minimum absolute atomic E-state index is 0.0871. The van der Waals surface area contributed by atoms with Crippen molar-refractivity contribution < 1.29 is 25.9 Å². The first-order chi connectivity index (χ1) is 5.81. The minimum atomic E-state index is -0.0871. The molecule has 0 aliphatic carbocycles. The zero-order chi connectivity index (χ0) is 9.82. The maximum absolute atomic E-state index is 10.7. The molecule has 0 unspecified atom stereocenters. The van der Waals surface area contributed by atoms with E-state index in [0.29, 0.717) is 13.0 Å². The van der Waals surface area contributed by atoms with Crippen LogP contribution >= 0.6 is 13.6 Å². The van der Waals surface area contributed by atoms with Crippen LogP contribution < -0.4 is 0 Å². The number of ether oxygens (including phenoxy) is 1. The summed E-state index contributed by atoms with van der Waals surface area (Å²) >= 11 is 4.25. The third-order valence-corrected chi connectivity index (χ3v) is 1.19. The molecule has 0 aromatic rings. The van der Waals surface area contributed by atoms with Gasteiger partial charge in [-0.25, -0.2) is 0 Å². The second-order valence-corrected chi connectivity index (χ2v) is 2.12.